The zero-order chi connectivity index (χ0) is 10.1. The van der Waals surface area contributed by atoms with E-state index in [0.29, 0.717) is 24.3 Å². The van der Waals surface area contributed by atoms with Crippen LogP contribution in [-0.2, 0) is 9.53 Å². The largest absolute Gasteiger partial charge is 0.461 e. The molecule has 0 aromatic carbocycles. The normalized spacial score (nSPS) is 29.0. The second-order valence-electron chi connectivity index (χ2n) is 3.72. The van der Waals surface area contributed by atoms with Crippen molar-refractivity contribution in [3.05, 3.63) is 23.4 Å². The fourth-order valence-corrected chi connectivity index (χ4v) is 2.14. The Morgan fingerprint density at radius 1 is 1.71 bits per heavy atom. The third-order valence-electron chi connectivity index (χ3n) is 2.91. The van der Waals surface area contributed by atoms with Crippen LogP contribution >= 0.6 is 0 Å². The third kappa shape index (κ3) is 1.33. The Morgan fingerprint density at radius 3 is 3.14 bits per heavy atom. The number of nitrogens with one attached hydrogen (secondary N) is 1. The molecule has 1 heterocycles. The summed E-state index contributed by atoms with van der Waals surface area (Å²) in [6.07, 6.45) is 5.32. The van der Waals surface area contributed by atoms with E-state index in [1.165, 1.54) is 0 Å². The predicted octanol–water partition coefficient (Wildman–Crippen LogP) is 1.37. The number of fused-ring (bicyclic) bond motifs is 1. The van der Waals surface area contributed by atoms with Crippen molar-refractivity contribution < 1.29 is 9.53 Å². The van der Waals surface area contributed by atoms with E-state index in [1.54, 1.807) is 0 Å². The van der Waals surface area contributed by atoms with E-state index in [9.17, 15) is 4.79 Å². The Hall–Kier alpha value is -1.25. The molecule has 3 heteroatoms. The summed E-state index contributed by atoms with van der Waals surface area (Å²) in [5, 5.41) is 3.21. The van der Waals surface area contributed by atoms with E-state index < -0.39 is 0 Å². The molecule has 0 aromatic rings. The predicted molar refractivity (Wildman–Crippen MR) is 53.5 cm³/mol. The first-order chi connectivity index (χ1) is 6.74. The number of carbonyl (C=O) groups excluding carboxylic acids is 1. The van der Waals surface area contributed by atoms with Crippen molar-refractivity contribution in [1.29, 1.82) is 0 Å². The molecule has 0 spiro atoms. The zero-order valence-electron chi connectivity index (χ0n) is 8.54. The summed E-state index contributed by atoms with van der Waals surface area (Å²) in [6.45, 7) is 4.27. The van der Waals surface area contributed by atoms with Gasteiger partial charge in [0, 0.05) is 5.92 Å². The summed E-state index contributed by atoms with van der Waals surface area (Å²) in [5.74, 6) is 0.252. The van der Waals surface area contributed by atoms with E-state index >= 15 is 0 Å². The Morgan fingerprint density at radius 2 is 2.50 bits per heavy atom. The van der Waals surface area contributed by atoms with Gasteiger partial charge in [-0.05, 0) is 25.8 Å². The first kappa shape index (κ1) is 9.31. The summed E-state index contributed by atoms with van der Waals surface area (Å²) < 4.78 is 4.98. The molecule has 0 radical (unpaired) electrons. The number of hydrogen-bond donors (Lipinski definition) is 1. The van der Waals surface area contributed by atoms with Gasteiger partial charge in [-0.2, -0.15) is 0 Å². The summed E-state index contributed by atoms with van der Waals surface area (Å²) in [6, 6.07) is 0.314. The highest BCUT2D eigenvalue weighted by atomic mass is 16.5. The van der Waals surface area contributed by atoms with Gasteiger partial charge >= 0.3 is 5.97 Å². The second-order valence-corrected chi connectivity index (χ2v) is 3.72. The van der Waals surface area contributed by atoms with Gasteiger partial charge in [-0.15, -0.1) is 0 Å². The lowest BCUT2D eigenvalue weighted by Crippen LogP contribution is -2.27. The topological polar surface area (TPSA) is 38.3 Å². The van der Waals surface area contributed by atoms with Crippen LogP contribution in [0.5, 0.6) is 0 Å². The molecular formula is C11H15NO2. The van der Waals surface area contributed by atoms with Crippen LogP contribution < -0.4 is 5.32 Å². The minimum Gasteiger partial charge on any atom is -0.461 e. The smallest absolute Gasteiger partial charge is 0.354 e. The molecular weight excluding hydrogens is 178 g/mol. The number of rotatable bonds is 2. The summed E-state index contributed by atoms with van der Waals surface area (Å²) >= 11 is 0. The number of allylic oxidation sites excluding steroid dienone is 1. The van der Waals surface area contributed by atoms with Gasteiger partial charge in [0.15, 0.2) is 0 Å². The molecule has 1 aliphatic carbocycles. The highest BCUT2D eigenvalue weighted by molar-refractivity contribution is 5.89. The van der Waals surface area contributed by atoms with Crippen molar-refractivity contribution in [3.63, 3.8) is 0 Å². The van der Waals surface area contributed by atoms with Gasteiger partial charge in [0.05, 0.1) is 12.6 Å². The first-order valence-corrected chi connectivity index (χ1v) is 5.05. The van der Waals surface area contributed by atoms with Crippen molar-refractivity contribution in [1.82, 2.24) is 5.32 Å². The van der Waals surface area contributed by atoms with Gasteiger partial charge in [-0.25, -0.2) is 4.79 Å². The van der Waals surface area contributed by atoms with Crippen molar-refractivity contribution in [3.8, 4) is 0 Å². The maximum Gasteiger partial charge on any atom is 0.354 e. The van der Waals surface area contributed by atoms with Crippen molar-refractivity contribution in [2.24, 2.45) is 5.92 Å². The molecule has 14 heavy (non-hydrogen) atoms. The minimum absolute atomic E-state index is 0.215. The molecule has 76 valence electrons. The molecule has 1 aliphatic heterocycles. The van der Waals surface area contributed by atoms with Gasteiger partial charge in [-0.3, -0.25) is 0 Å². The quantitative estimate of drug-likeness (QED) is 0.531. The third-order valence-corrected chi connectivity index (χ3v) is 2.91. The molecule has 2 aliphatic rings. The highest BCUT2D eigenvalue weighted by Crippen LogP contribution is 2.33. The molecule has 2 unspecified atom stereocenters. The summed E-state index contributed by atoms with van der Waals surface area (Å²) in [5.41, 5.74) is 1.81. The molecule has 0 fully saturated rings. The van der Waals surface area contributed by atoms with Crippen molar-refractivity contribution in [2.75, 3.05) is 6.61 Å². The summed E-state index contributed by atoms with van der Waals surface area (Å²) in [4.78, 5) is 11.5. The Balaban J connectivity index is 2.13. The van der Waals surface area contributed by atoms with E-state index in [4.69, 9.17) is 4.74 Å². The van der Waals surface area contributed by atoms with Gasteiger partial charge < -0.3 is 10.1 Å². The van der Waals surface area contributed by atoms with Crippen molar-refractivity contribution in [2.45, 2.75) is 26.3 Å². The van der Waals surface area contributed by atoms with E-state index in [0.717, 1.165) is 12.0 Å². The standard InChI is InChI=1S/C11H15NO2/c1-3-14-11(13)10-7(2)8-5-4-6-9(8)12-10/h4,6,8-9,12H,3,5H2,1-2H3. The van der Waals surface area contributed by atoms with Gasteiger partial charge in [0.25, 0.3) is 0 Å². The minimum atomic E-state index is -0.215. The molecule has 2 atom stereocenters. The van der Waals surface area contributed by atoms with Gasteiger partial charge in [0.1, 0.15) is 5.70 Å². The second kappa shape index (κ2) is 3.48. The Bertz CT molecular complexity index is 317. The molecule has 0 aromatic heterocycles. The number of carbonyl (C=O) groups is 1. The molecule has 1 N–H and O–H groups in total. The van der Waals surface area contributed by atoms with E-state index in [-0.39, 0.29) is 5.97 Å². The molecule has 2 rings (SSSR count). The lowest BCUT2D eigenvalue weighted by Gasteiger charge is -2.09. The average Bonchev–Trinajstić information content (AvgIpc) is 2.69. The average molecular weight is 193 g/mol. The van der Waals surface area contributed by atoms with E-state index in [1.807, 2.05) is 13.8 Å². The Labute approximate surface area is 83.8 Å². The monoisotopic (exact) mass is 193 g/mol. The fourth-order valence-electron chi connectivity index (χ4n) is 2.14. The fraction of sp³-hybridized carbons (Fsp3) is 0.545. The molecule has 0 saturated carbocycles. The van der Waals surface area contributed by atoms with Gasteiger partial charge in [-0.1, -0.05) is 12.2 Å². The number of esters is 1. The van der Waals surface area contributed by atoms with E-state index in [2.05, 4.69) is 17.5 Å². The lowest BCUT2D eigenvalue weighted by molar-refractivity contribution is -0.138. The molecule has 0 saturated heterocycles. The highest BCUT2D eigenvalue weighted by Gasteiger charge is 2.35. The van der Waals surface area contributed by atoms with Crippen LogP contribution in [0.25, 0.3) is 0 Å². The zero-order valence-corrected chi connectivity index (χ0v) is 8.54. The van der Waals surface area contributed by atoms with Gasteiger partial charge in [0.2, 0.25) is 0 Å². The van der Waals surface area contributed by atoms with Crippen LogP contribution in [0.3, 0.4) is 0 Å². The lowest BCUT2D eigenvalue weighted by atomic mass is 9.97. The SMILES string of the molecule is CCOC(=O)C1=C(C)C2CC=CC2N1. The molecule has 0 amide bonds. The maximum absolute atomic E-state index is 11.5. The first-order valence-electron chi connectivity index (χ1n) is 5.05. The number of ether oxygens (including phenoxy) is 1. The van der Waals surface area contributed by atoms with Crippen LogP contribution in [0.4, 0.5) is 0 Å². The Kier molecular flexibility index (Phi) is 2.32. The number of hydrogen-bond acceptors (Lipinski definition) is 3. The van der Waals surface area contributed by atoms with Crippen LogP contribution in [0, 0.1) is 5.92 Å². The van der Waals surface area contributed by atoms with Crippen molar-refractivity contribution >= 4 is 5.97 Å². The maximum atomic E-state index is 11.5. The summed E-state index contributed by atoms with van der Waals surface area (Å²) in [7, 11) is 0. The van der Waals surface area contributed by atoms with Crippen LogP contribution in [0.1, 0.15) is 20.3 Å². The van der Waals surface area contributed by atoms with Crippen LogP contribution in [0.15, 0.2) is 23.4 Å². The van der Waals surface area contributed by atoms with Crippen LogP contribution in [-0.4, -0.2) is 18.6 Å². The molecule has 3 nitrogen and oxygen atoms in total. The molecule has 0 bridgehead atoms. The van der Waals surface area contributed by atoms with Crippen LogP contribution in [0.2, 0.25) is 0 Å².